The van der Waals surface area contributed by atoms with E-state index in [9.17, 15) is 26.3 Å². The van der Waals surface area contributed by atoms with Crippen molar-refractivity contribution < 1.29 is 35.8 Å². The van der Waals surface area contributed by atoms with Gasteiger partial charge in [0.15, 0.2) is 0 Å². The summed E-state index contributed by atoms with van der Waals surface area (Å²) in [6.45, 7) is 5.50. The van der Waals surface area contributed by atoms with Crippen LogP contribution in [0.5, 0.6) is 11.5 Å². The molecule has 5 rings (SSSR count). The molecule has 1 aromatic heterocycles. The maximum atomic E-state index is 12.8. The van der Waals surface area contributed by atoms with Crippen molar-refractivity contribution in [2.45, 2.75) is 45.3 Å². The average Bonchev–Trinajstić information content (AvgIpc) is 3.33. The monoisotopic (exact) mass is 635 g/mol. The van der Waals surface area contributed by atoms with E-state index in [0.29, 0.717) is 31.7 Å². The van der Waals surface area contributed by atoms with E-state index in [1.54, 1.807) is 18.2 Å². The van der Waals surface area contributed by atoms with E-state index < -0.39 is 12.7 Å². The van der Waals surface area contributed by atoms with Crippen molar-refractivity contribution >= 4 is 10.9 Å². The minimum Gasteiger partial charge on any atom is -0.406 e. The van der Waals surface area contributed by atoms with E-state index in [1.165, 1.54) is 24.3 Å². The molecular formula is C32H35F6N5O2. The van der Waals surface area contributed by atoms with Crippen LogP contribution in [0.3, 0.4) is 0 Å². The second-order valence-electron chi connectivity index (χ2n) is 11.0. The summed E-state index contributed by atoms with van der Waals surface area (Å²) in [5, 5.41) is 0.961. The maximum Gasteiger partial charge on any atom is 0.573 e. The molecule has 0 unspecified atom stereocenters. The van der Waals surface area contributed by atoms with Crippen LogP contribution >= 0.6 is 0 Å². The van der Waals surface area contributed by atoms with Crippen LogP contribution in [0.1, 0.15) is 23.1 Å². The number of halogens is 6. The standard InChI is InChI=1S/C32H35F6N5O2/c33-31(34,35)44-25-4-1-3-22(15-25)19-41-11-13-42(14-12-41)20-23-5-8-30-28(16-23)29(21-43(30)10-2-9-39)27-7-6-26(17-24(27)18-40)45-32(36,37)38/h1,3-8,15-17,21H,2,9-14,18-20,39-40H2. The lowest BCUT2D eigenvalue weighted by atomic mass is 9.98. The Hall–Kier alpha value is -3.78. The van der Waals surface area contributed by atoms with Crippen LogP contribution in [-0.2, 0) is 26.2 Å². The summed E-state index contributed by atoms with van der Waals surface area (Å²) in [5.74, 6) is -0.546. The van der Waals surface area contributed by atoms with Crippen LogP contribution in [0, 0.1) is 0 Å². The zero-order chi connectivity index (χ0) is 32.2. The van der Waals surface area contributed by atoms with Gasteiger partial charge in [0.2, 0.25) is 0 Å². The number of fused-ring (bicyclic) bond motifs is 1. The highest BCUT2D eigenvalue weighted by molar-refractivity contribution is 5.97. The van der Waals surface area contributed by atoms with Crippen molar-refractivity contribution in [1.82, 2.24) is 14.4 Å². The third-order valence-corrected chi connectivity index (χ3v) is 7.78. The highest BCUT2D eigenvalue weighted by Gasteiger charge is 2.32. The molecule has 0 saturated carbocycles. The van der Waals surface area contributed by atoms with Crippen molar-refractivity contribution in [2.24, 2.45) is 11.5 Å². The first-order valence-electron chi connectivity index (χ1n) is 14.6. The molecule has 0 atom stereocenters. The smallest absolute Gasteiger partial charge is 0.406 e. The van der Waals surface area contributed by atoms with E-state index in [0.717, 1.165) is 65.8 Å². The van der Waals surface area contributed by atoms with Gasteiger partial charge >= 0.3 is 12.7 Å². The first kappa shape index (κ1) is 32.6. The minimum atomic E-state index is -4.80. The lowest BCUT2D eigenvalue weighted by Gasteiger charge is -2.34. The van der Waals surface area contributed by atoms with Gasteiger partial charge in [0, 0.05) is 75.0 Å². The molecule has 4 N–H and O–H groups in total. The Kier molecular flexibility index (Phi) is 9.92. The van der Waals surface area contributed by atoms with Gasteiger partial charge in [-0.05, 0) is 71.6 Å². The molecule has 1 saturated heterocycles. The van der Waals surface area contributed by atoms with Gasteiger partial charge in [0.25, 0.3) is 0 Å². The SMILES string of the molecule is NCCCn1cc(-c2ccc(OC(F)(F)F)cc2CN)c2cc(CN3CCN(Cc4cccc(OC(F)(F)F)c4)CC3)ccc21. The normalized spacial score (nSPS) is 15.1. The zero-order valence-electron chi connectivity index (χ0n) is 24.5. The maximum absolute atomic E-state index is 12.8. The number of piperazine rings is 1. The third kappa shape index (κ3) is 8.69. The van der Waals surface area contributed by atoms with E-state index in [4.69, 9.17) is 11.5 Å². The third-order valence-electron chi connectivity index (χ3n) is 7.78. The molecule has 0 amide bonds. The predicted octanol–water partition coefficient (Wildman–Crippen LogP) is 6.23. The molecule has 0 bridgehead atoms. The van der Waals surface area contributed by atoms with Crippen molar-refractivity contribution in [3.05, 3.63) is 83.6 Å². The first-order chi connectivity index (χ1) is 21.4. The van der Waals surface area contributed by atoms with Gasteiger partial charge in [0.05, 0.1) is 0 Å². The number of ether oxygens (including phenoxy) is 2. The summed E-state index contributed by atoms with van der Waals surface area (Å²) in [4.78, 5) is 4.52. The molecule has 0 aliphatic carbocycles. The quantitative estimate of drug-likeness (QED) is 0.190. The predicted molar refractivity (Wildman–Crippen MR) is 159 cm³/mol. The van der Waals surface area contributed by atoms with Gasteiger partial charge in [-0.15, -0.1) is 26.3 Å². The van der Waals surface area contributed by atoms with Crippen LogP contribution in [0.25, 0.3) is 22.0 Å². The van der Waals surface area contributed by atoms with Gasteiger partial charge < -0.3 is 25.5 Å². The van der Waals surface area contributed by atoms with Crippen molar-refractivity contribution in [3.63, 3.8) is 0 Å². The van der Waals surface area contributed by atoms with Gasteiger partial charge in [-0.2, -0.15) is 0 Å². The average molecular weight is 636 g/mol. The topological polar surface area (TPSA) is 81.9 Å². The largest absolute Gasteiger partial charge is 0.573 e. The van der Waals surface area contributed by atoms with Crippen LogP contribution in [0.15, 0.2) is 66.9 Å². The van der Waals surface area contributed by atoms with Crippen molar-refractivity contribution in [3.8, 4) is 22.6 Å². The molecule has 4 aromatic rings. The van der Waals surface area contributed by atoms with Gasteiger partial charge in [-0.25, -0.2) is 0 Å². The molecule has 45 heavy (non-hydrogen) atoms. The fourth-order valence-corrected chi connectivity index (χ4v) is 5.77. The molecule has 13 heteroatoms. The fraction of sp³-hybridized carbons (Fsp3) is 0.375. The molecular weight excluding hydrogens is 600 g/mol. The molecule has 7 nitrogen and oxygen atoms in total. The van der Waals surface area contributed by atoms with Crippen LogP contribution in [-0.4, -0.2) is 59.8 Å². The number of alkyl halides is 6. The number of rotatable bonds is 11. The summed E-state index contributed by atoms with van der Waals surface area (Å²) >= 11 is 0. The highest BCUT2D eigenvalue weighted by Crippen LogP contribution is 2.36. The number of aromatic nitrogens is 1. The zero-order valence-corrected chi connectivity index (χ0v) is 24.5. The molecule has 1 aliphatic rings. The Balaban J connectivity index is 1.31. The minimum absolute atomic E-state index is 0.0312. The second kappa shape index (κ2) is 13.7. The summed E-state index contributed by atoms with van der Waals surface area (Å²) in [5.41, 5.74) is 16.7. The lowest BCUT2D eigenvalue weighted by Crippen LogP contribution is -2.45. The molecule has 0 radical (unpaired) electrons. The Morgan fingerprint density at radius 3 is 1.91 bits per heavy atom. The number of nitrogens with two attached hydrogens (primary N) is 2. The molecule has 2 heterocycles. The summed E-state index contributed by atoms with van der Waals surface area (Å²) in [7, 11) is 0. The molecule has 3 aromatic carbocycles. The highest BCUT2D eigenvalue weighted by atomic mass is 19.4. The number of nitrogens with zero attached hydrogens (tertiary/aromatic N) is 3. The second-order valence-corrected chi connectivity index (χ2v) is 11.0. The summed E-state index contributed by atoms with van der Waals surface area (Å²) in [6, 6.07) is 16.5. The van der Waals surface area contributed by atoms with Crippen molar-refractivity contribution in [2.75, 3.05) is 32.7 Å². The number of benzene rings is 3. The van der Waals surface area contributed by atoms with E-state index in [1.807, 2.05) is 6.20 Å². The Morgan fingerprint density at radius 1 is 0.689 bits per heavy atom. The van der Waals surface area contributed by atoms with E-state index in [-0.39, 0.29) is 18.0 Å². The van der Waals surface area contributed by atoms with Crippen molar-refractivity contribution in [1.29, 1.82) is 0 Å². The Labute approximate surface area is 256 Å². The van der Waals surface area contributed by atoms with Crippen LogP contribution in [0.4, 0.5) is 26.3 Å². The van der Waals surface area contributed by atoms with Gasteiger partial charge in [0.1, 0.15) is 11.5 Å². The molecule has 1 fully saturated rings. The Morgan fingerprint density at radius 2 is 1.31 bits per heavy atom. The number of hydrogen-bond acceptors (Lipinski definition) is 6. The van der Waals surface area contributed by atoms with Gasteiger partial charge in [-0.1, -0.05) is 24.3 Å². The van der Waals surface area contributed by atoms with Crippen LogP contribution in [0.2, 0.25) is 0 Å². The first-order valence-corrected chi connectivity index (χ1v) is 14.6. The molecule has 1 aliphatic heterocycles. The van der Waals surface area contributed by atoms with E-state index in [2.05, 4.69) is 42.0 Å². The Bertz CT molecular complexity index is 1600. The molecule has 0 spiro atoms. The summed E-state index contributed by atoms with van der Waals surface area (Å²) < 4.78 is 86.6. The fourth-order valence-electron chi connectivity index (χ4n) is 5.77. The number of aryl methyl sites for hydroxylation is 1. The summed E-state index contributed by atoms with van der Waals surface area (Å²) in [6.07, 6.45) is -6.78. The lowest BCUT2D eigenvalue weighted by molar-refractivity contribution is -0.275. The van der Waals surface area contributed by atoms with E-state index >= 15 is 0 Å². The molecule has 242 valence electrons. The number of hydrogen-bond donors (Lipinski definition) is 2. The van der Waals surface area contributed by atoms with Crippen LogP contribution < -0.4 is 20.9 Å². The van der Waals surface area contributed by atoms with Gasteiger partial charge in [-0.3, -0.25) is 9.80 Å².